The SMILES string of the molecule is Cc1cc2c(nc1N1CCc3ncc(-c4cccnc4C(C)C)cc3C1)CNC2=O. The van der Waals surface area contributed by atoms with Gasteiger partial charge in [-0.05, 0) is 42.2 Å². The van der Waals surface area contributed by atoms with Crippen LogP contribution in [0, 0.1) is 6.92 Å². The number of amides is 1. The van der Waals surface area contributed by atoms with E-state index < -0.39 is 0 Å². The van der Waals surface area contributed by atoms with Crippen LogP contribution in [0.25, 0.3) is 11.1 Å². The molecule has 0 saturated carbocycles. The molecule has 1 N–H and O–H groups in total. The third-order valence-electron chi connectivity index (χ3n) is 5.96. The van der Waals surface area contributed by atoms with Crippen LogP contribution >= 0.6 is 0 Å². The van der Waals surface area contributed by atoms with Crippen molar-refractivity contribution in [3.63, 3.8) is 0 Å². The average molecular weight is 399 g/mol. The Morgan fingerprint density at radius 1 is 1.13 bits per heavy atom. The van der Waals surface area contributed by atoms with E-state index in [0.717, 1.165) is 59.1 Å². The molecule has 0 radical (unpaired) electrons. The van der Waals surface area contributed by atoms with Gasteiger partial charge in [0, 0.05) is 48.7 Å². The minimum absolute atomic E-state index is 0.0255. The lowest BCUT2D eigenvalue weighted by Gasteiger charge is -2.31. The van der Waals surface area contributed by atoms with Gasteiger partial charge in [0.05, 0.1) is 23.5 Å². The predicted octanol–water partition coefficient (Wildman–Crippen LogP) is 3.78. The summed E-state index contributed by atoms with van der Waals surface area (Å²) in [7, 11) is 0. The molecule has 3 aromatic rings. The fraction of sp³-hybridized carbons (Fsp3) is 0.333. The van der Waals surface area contributed by atoms with E-state index in [1.165, 1.54) is 5.56 Å². The predicted molar refractivity (Wildman–Crippen MR) is 116 cm³/mol. The Labute approximate surface area is 176 Å². The fourth-order valence-electron chi connectivity index (χ4n) is 4.43. The smallest absolute Gasteiger partial charge is 0.253 e. The first-order chi connectivity index (χ1) is 14.5. The molecule has 2 aliphatic rings. The number of carbonyl (C=O) groups is 1. The molecule has 0 bridgehead atoms. The molecule has 0 saturated heterocycles. The Balaban J connectivity index is 1.49. The van der Waals surface area contributed by atoms with Gasteiger partial charge in [0.15, 0.2) is 0 Å². The van der Waals surface area contributed by atoms with Crippen LogP contribution in [0.2, 0.25) is 0 Å². The second kappa shape index (κ2) is 7.20. The summed E-state index contributed by atoms with van der Waals surface area (Å²) < 4.78 is 0. The van der Waals surface area contributed by atoms with Crippen molar-refractivity contribution in [2.24, 2.45) is 0 Å². The summed E-state index contributed by atoms with van der Waals surface area (Å²) in [6.45, 7) is 8.51. The van der Waals surface area contributed by atoms with E-state index in [0.29, 0.717) is 18.0 Å². The normalized spacial score (nSPS) is 15.2. The summed E-state index contributed by atoms with van der Waals surface area (Å²) in [5.74, 6) is 1.29. The zero-order valence-corrected chi connectivity index (χ0v) is 17.6. The Morgan fingerprint density at radius 3 is 2.83 bits per heavy atom. The monoisotopic (exact) mass is 399 g/mol. The van der Waals surface area contributed by atoms with Gasteiger partial charge in [0.25, 0.3) is 5.91 Å². The van der Waals surface area contributed by atoms with Crippen LogP contribution < -0.4 is 10.2 Å². The standard InChI is InChI=1S/C24H25N5O/c1-14(2)22-18(5-4-7-25-22)16-10-17-13-29(8-6-20(17)26-11-16)23-15(3)9-19-21(28-23)12-27-24(19)30/h4-5,7,9-11,14H,6,8,12-13H2,1-3H3,(H,27,30). The van der Waals surface area contributed by atoms with Gasteiger partial charge in [-0.15, -0.1) is 0 Å². The quantitative estimate of drug-likeness (QED) is 0.726. The molecular weight excluding hydrogens is 374 g/mol. The average Bonchev–Trinajstić information content (AvgIpc) is 3.12. The van der Waals surface area contributed by atoms with E-state index in [4.69, 9.17) is 9.97 Å². The van der Waals surface area contributed by atoms with Gasteiger partial charge >= 0.3 is 0 Å². The molecule has 30 heavy (non-hydrogen) atoms. The van der Waals surface area contributed by atoms with Crippen molar-refractivity contribution in [3.05, 3.63) is 70.4 Å². The van der Waals surface area contributed by atoms with Crippen molar-refractivity contribution in [1.82, 2.24) is 20.3 Å². The number of nitrogens with zero attached hydrogens (tertiary/aromatic N) is 4. The van der Waals surface area contributed by atoms with Gasteiger partial charge in [-0.25, -0.2) is 4.98 Å². The Hall–Kier alpha value is -3.28. The molecule has 0 aliphatic carbocycles. The van der Waals surface area contributed by atoms with E-state index in [1.807, 2.05) is 31.5 Å². The first kappa shape index (κ1) is 18.7. The molecule has 0 atom stereocenters. The molecule has 0 fully saturated rings. The Morgan fingerprint density at radius 2 is 2.00 bits per heavy atom. The van der Waals surface area contributed by atoms with Crippen LogP contribution in [0.5, 0.6) is 0 Å². The first-order valence-corrected chi connectivity index (χ1v) is 10.5. The Kier molecular flexibility index (Phi) is 4.50. The van der Waals surface area contributed by atoms with Gasteiger partial charge in [0.1, 0.15) is 5.82 Å². The molecule has 5 rings (SSSR count). The third-order valence-corrected chi connectivity index (χ3v) is 5.96. The maximum Gasteiger partial charge on any atom is 0.253 e. The van der Waals surface area contributed by atoms with Crippen LogP contribution in [0.4, 0.5) is 5.82 Å². The lowest BCUT2D eigenvalue weighted by atomic mass is 9.96. The van der Waals surface area contributed by atoms with E-state index >= 15 is 0 Å². The summed E-state index contributed by atoms with van der Waals surface area (Å²) in [6.07, 6.45) is 4.72. The fourth-order valence-corrected chi connectivity index (χ4v) is 4.43. The van der Waals surface area contributed by atoms with Gasteiger partial charge in [-0.3, -0.25) is 14.8 Å². The van der Waals surface area contributed by atoms with Crippen LogP contribution in [0.15, 0.2) is 36.7 Å². The molecule has 3 aromatic heterocycles. The molecule has 2 aliphatic heterocycles. The number of hydrogen-bond acceptors (Lipinski definition) is 5. The summed E-state index contributed by atoms with van der Waals surface area (Å²) in [6, 6.07) is 8.34. The van der Waals surface area contributed by atoms with Crippen molar-refractivity contribution < 1.29 is 4.79 Å². The van der Waals surface area contributed by atoms with Crippen LogP contribution in [-0.4, -0.2) is 27.4 Å². The number of nitrogens with one attached hydrogen (secondary N) is 1. The summed E-state index contributed by atoms with van der Waals surface area (Å²) >= 11 is 0. The molecule has 0 unspecified atom stereocenters. The minimum atomic E-state index is -0.0255. The molecule has 0 spiro atoms. The van der Waals surface area contributed by atoms with Crippen molar-refractivity contribution in [2.45, 2.75) is 46.2 Å². The number of carbonyl (C=O) groups excluding carboxylic acids is 1. The third kappa shape index (κ3) is 3.12. The number of aromatic nitrogens is 3. The van der Waals surface area contributed by atoms with Crippen molar-refractivity contribution in [3.8, 4) is 11.1 Å². The number of pyridine rings is 3. The highest BCUT2D eigenvalue weighted by Gasteiger charge is 2.26. The lowest BCUT2D eigenvalue weighted by Crippen LogP contribution is -2.32. The molecule has 1 amide bonds. The number of hydrogen-bond donors (Lipinski definition) is 1. The zero-order chi connectivity index (χ0) is 20.8. The maximum absolute atomic E-state index is 11.9. The Bertz CT molecular complexity index is 1150. The van der Waals surface area contributed by atoms with Crippen LogP contribution in [-0.2, 0) is 19.5 Å². The first-order valence-electron chi connectivity index (χ1n) is 10.5. The van der Waals surface area contributed by atoms with E-state index in [1.54, 1.807) is 0 Å². The van der Waals surface area contributed by atoms with Crippen molar-refractivity contribution in [2.75, 3.05) is 11.4 Å². The molecule has 5 heterocycles. The zero-order valence-electron chi connectivity index (χ0n) is 17.6. The molecule has 6 heteroatoms. The largest absolute Gasteiger partial charge is 0.352 e. The summed E-state index contributed by atoms with van der Waals surface area (Å²) in [5.41, 5.74) is 8.32. The number of fused-ring (bicyclic) bond motifs is 2. The van der Waals surface area contributed by atoms with Gasteiger partial charge < -0.3 is 10.2 Å². The summed E-state index contributed by atoms with van der Waals surface area (Å²) in [4.78, 5) is 28.5. The topological polar surface area (TPSA) is 71.0 Å². The maximum atomic E-state index is 11.9. The second-order valence-electron chi connectivity index (χ2n) is 8.40. The lowest BCUT2D eigenvalue weighted by molar-refractivity contribution is 0.0965. The highest BCUT2D eigenvalue weighted by molar-refractivity contribution is 5.98. The highest BCUT2D eigenvalue weighted by Crippen LogP contribution is 2.32. The van der Waals surface area contributed by atoms with Crippen molar-refractivity contribution in [1.29, 1.82) is 0 Å². The van der Waals surface area contributed by atoms with Gasteiger partial charge in [-0.1, -0.05) is 19.9 Å². The second-order valence-corrected chi connectivity index (χ2v) is 8.40. The van der Waals surface area contributed by atoms with E-state index in [9.17, 15) is 4.79 Å². The molecular formula is C24H25N5O. The minimum Gasteiger partial charge on any atom is -0.352 e. The molecule has 0 aromatic carbocycles. The van der Waals surface area contributed by atoms with Crippen LogP contribution in [0.1, 0.15) is 58.3 Å². The van der Waals surface area contributed by atoms with Gasteiger partial charge in [0.2, 0.25) is 0 Å². The van der Waals surface area contributed by atoms with Crippen LogP contribution in [0.3, 0.4) is 0 Å². The molecule has 152 valence electrons. The van der Waals surface area contributed by atoms with E-state index in [-0.39, 0.29) is 5.91 Å². The van der Waals surface area contributed by atoms with Gasteiger partial charge in [-0.2, -0.15) is 0 Å². The van der Waals surface area contributed by atoms with E-state index in [2.05, 4.69) is 41.2 Å². The number of aryl methyl sites for hydroxylation is 1. The number of rotatable bonds is 3. The van der Waals surface area contributed by atoms with Crippen molar-refractivity contribution >= 4 is 11.7 Å². The molecule has 6 nitrogen and oxygen atoms in total. The summed E-state index contributed by atoms with van der Waals surface area (Å²) in [5, 5.41) is 2.86. The highest BCUT2D eigenvalue weighted by atomic mass is 16.1. The number of anilines is 1.